The molecule has 3 rings (SSSR count). The summed E-state index contributed by atoms with van der Waals surface area (Å²) in [6.45, 7) is 0. The number of thiazole rings is 1. The Hall–Kier alpha value is -2.70. The van der Waals surface area contributed by atoms with E-state index in [9.17, 15) is 4.79 Å². The summed E-state index contributed by atoms with van der Waals surface area (Å²) in [4.78, 5) is 16.8. The fourth-order valence-electron chi connectivity index (χ4n) is 2.45. The first-order valence-corrected chi connectivity index (χ1v) is 8.74. The molecule has 1 unspecified atom stereocenters. The summed E-state index contributed by atoms with van der Waals surface area (Å²) in [6.07, 6.45) is 0.682. The summed E-state index contributed by atoms with van der Waals surface area (Å²) in [5.74, 6) is 0.325. The number of methoxy groups -OCH3 is 1. The Balaban J connectivity index is 1.69. The van der Waals surface area contributed by atoms with Gasteiger partial charge in [0.25, 0.3) is 5.91 Å². The number of ether oxygens (including phenoxy) is 1. The second-order valence-electron chi connectivity index (χ2n) is 5.52. The van der Waals surface area contributed by atoms with Crippen molar-refractivity contribution >= 4 is 22.9 Å². The summed E-state index contributed by atoms with van der Waals surface area (Å²) in [7, 11) is 1.56. The number of hydrogen-bond acceptors (Lipinski definition) is 5. The van der Waals surface area contributed by atoms with Crippen molar-refractivity contribution in [1.82, 2.24) is 4.98 Å². The van der Waals surface area contributed by atoms with Crippen LogP contribution in [0.4, 0.5) is 5.69 Å². The second kappa shape index (κ2) is 7.92. The number of carbonyl (C=O) groups excluding carboxylic acids is 1. The van der Waals surface area contributed by atoms with Crippen molar-refractivity contribution in [1.29, 1.82) is 0 Å². The lowest BCUT2D eigenvalue weighted by molar-refractivity contribution is 0.102. The molecule has 0 aliphatic heterocycles. The van der Waals surface area contributed by atoms with E-state index in [2.05, 4.69) is 10.3 Å². The minimum absolute atomic E-state index is 0.236. The highest BCUT2D eigenvalue weighted by molar-refractivity contribution is 7.09. The van der Waals surface area contributed by atoms with E-state index in [0.29, 0.717) is 23.6 Å². The zero-order valence-corrected chi connectivity index (χ0v) is 14.6. The number of hydrogen-bond donors (Lipinski definition) is 2. The van der Waals surface area contributed by atoms with Gasteiger partial charge in [-0.2, -0.15) is 0 Å². The summed E-state index contributed by atoms with van der Waals surface area (Å²) < 4.78 is 5.24. The zero-order valence-electron chi connectivity index (χ0n) is 13.8. The topological polar surface area (TPSA) is 77.2 Å². The monoisotopic (exact) mass is 353 g/mol. The molecule has 0 saturated heterocycles. The number of para-hydroxylation sites is 2. The van der Waals surface area contributed by atoms with Crippen molar-refractivity contribution in [3.8, 4) is 5.75 Å². The van der Waals surface area contributed by atoms with Gasteiger partial charge in [-0.05, 0) is 24.1 Å². The Morgan fingerprint density at radius 1 is 1.20 bits per heavy atom. The van der Waals surface area contributed by atoms with Gasteiger partial charge in [0.15, 0.2) is 0 Å². The van der Waals surface area contributed by atoms with E-state index in [1.54, 1.807) is 24.6 Å². The van der Waals surface area contributed by atoms with E-state index in [-0.39, 0.29) is 11.9 Å². The van der Waals surface area contributed by atoms with Gasteiger partial charge in [-0.15, -0.1) is 11.3 Å². The van der Waals surface area contributed by atoms with Crippen molar-refractivity contribution in [2.45, 2.75) is 12.5 Å². The fourth-order valence-corrected chi connectivity index (χ4v) is 3.25. The molecule has 1 atom stereocenters. The summed E-state index contributed by atoms with van der Waals surface area (Å²) in [6, 6.07) is 17.0. The van der Waals surface area contributed by atoms with Crippen LogP contribution < -0.4 is 15.8 Å². The zero-order chi connectivity index (χ0) is 17.6. The highest BCUT2D eigenvalue weighted by atomic mass is 32.1. The number of aromatic nitrogens is 1. The normalized spacial score (nSPS) is 11.8. The summed E-state index contributed by atoms with van der Waals surface area (Å²) in [5, 5.41) is 5.29. The third-order valence-electron chi connectivity index (χ3n) is 3.73. The molecule has 0 aliphatic rings. The average molecular weight is 353 g/mol. The van der Waals surface area contributed by atoms with Gasteiger partial charge >= 0.3 is 0 Å². The number of rotatable bonds is 6. The molecule has 1 amide bonds. The Morgan fingerprint density at radius 2 is 1.92 bits per heavy atom. The minimum Gasteiger partial charge on any atom is -0.495 e. The van der Waals surface area contributed by atoms with Crippen molar-refractivity contribution < 1.29 is 9.53 Å². The second-order valence-corrected chi connectivity index (χ2v) is 6.41. The molecule has 1 heterocycles. The molecule has 0 aliphatic carbocycles. The average Bonchev–Trinajstić information content (AvgIpc) is 3.13. The smallest absolute Gasteiger partial charge is 0.275 e. The van der Waals surface area contributed by atoms with Crippen LogP contribution in [0.3, 0.4) is 0 Å². The number of amides is 1. The molecule has 0 saturated carbocycles. The molecular weight excluding hydrogens is 334 g/mol. The number of nitrogens with one attached hydrogen (secondary N) is 1. The first kappa shape index (κ1) is 17.1. The van der Waals surface area contributed by atoms with E-state index in [4.69, 9.17) is 10.5 Å². The predicted molar refractivity (Wildman–Crippen MR) is 100 cm³/mol. The first-order valence-electron chi connectivity index (χ1n) is 7.86. The third kappa shape index (κ3) is 4.23. The van der Waals surface area contributed by atoms with E-state index in [0.717, 1.165) is 10.6 Å². The van der Waals surface area contributed by atoms with Crippen LogP contribution >= 0.6 is 11.3 Å². The lowest BCUT2D eigenvalue weighted by Gasteiger charge is -2.09. The lowest BCUT2D eigenvalue weighted by Crippen LogP contribution is -2.16. The van der Waals surface area contributed by atoms with Gasteiger partial charge in [-0.1, -0.05) is 42.5 Å². The molecule has 1 aromatic heterocycles. The van der Waals surface area contributed by atoms with Gasteiger partial charge in [-0.25, -0.2) is 4.98 Å². The van der Waals surface area contributed by atoms with Gasteiger partial charge in [0.2, 0.25) is 0 Å². The molecule has 3 N–H and O–H groups in total. The van der Waals surface area contributed by atoms with E-state index in [1.165, 1.54) is 11.3 Å². The maximum atomic E-state index is 12.4. The van der Waals surface area contributed by atoms with Crippen molar-refractivity contribution in [2.75, 3.05) is 12.4 Å². The van der Waals surface area contributed by atoms with Crippen LogP contribution in [0.15, 0.2) is 60.0 Å². The number of benzene rings is 2. The molecule has 5 nitrogen and oxygen atoms in total. The molecule has 0 bridgehead atoms. The predicted octanol–water partition coefficient (Wildman–Crippen LogP) is 3.65. The van der Waals surface area contributed by atoms with Crippen LogP contribution in [0.5, 0.6) is 5.75 Å². The van der Waals surface area contributed by atoms with Crippen LogP contribution in [0.25, 0.3) is 0 Å². The fraction of sp³-hybridized carbons (Fsp3) is 0.158. The number of carbonyl (C=O) groups is 1. The Bertz CT molecular complexity index is 849. The standard InChI is InChI=1S/C19H19N3O2S/c1-24-17-10-6-5-9-15(17)21-18(23)16-12-25-19(22-16)14(20)11-13-7-3-2-4-8-13/h2-10,12,14H,11,20H2,1H3,(H,21,23). The van der Waals surface area contributed by atoms with Gasteiger partial charge in [0.1, 0.15) is 16.5 Å². The third-order valence-corrected chi connectivity index (χ3v) is 4.70. The molecule has 0 spiro atoms. The molecule has 2 aromatic carbocycles. The van der Waals surface area contributed by atoms with E-state index in [1.807, 2.05) is 42.5 Å². The lowest BCUT2D eigenvalue weighted by atomic mass is 10.1. The highest BCUT2D eigenvalue weighted by Crippen LogP contribution is 2.25. The molecule has 6 heteroatoms. The molecule has 0 fully saturated rings. The molecule has 3 aromatic rings. The van der Waals surface area contributed by atoms with E-state index < -0.39 is 0 Å². The van der Waals surface area contributed by atoms with Gasteiger partial charge in [0.05, 0.1) is 18.8 Å². The molecule has 128 valence electrons. The molecule has 25 heavy (non-hydrogen) atoms. The first-order chi connectivity index (χ1) is 12.2. The number of nitrogens with zero attached hydrogens (tertiary/aromatic N) is 1. The van der Waals surface area contributed by atoms with Crippen molar-refractivity contribution in [2.24, 2.45) is 5.73 Å². The van der Waals surface area contributed by atoms with Crippen LogP contribution in [0.2, 0.25) is 0 Å². The summed E-state index contributed by atoms with van der Waals surface area (Å²) in [5.41, 5.74) is 8.34. The van der Waals surface area contributed by atoms with Crippen LogP contribution in [0.1, 0.15) is 27.1 Å². The molecule has 0 radical (unpaired) electrons. The summed E-state index contributed by atoms with van der Waals surface area (Å²) >= 11 is 1.40. The van der Waals surface area contributed by atoms with Crippen LogP contribution in [0, 0.1) is 0 Å². The minimum atomic E-state index is -0.279. The Labute approximate surface area is 150 Å². The largest absolute Gasteiger partial charge is 0.495 e. The Morgan fingerprint density at radius 3 is 2.68 bits per heavy atom. The van der Waals surface area contributed by atoms with Gasteiger partial charge in [-0.3, -0.25) is 4.79 Å². The number of anilines is 1. The van der Waals surface area contributed by atoms with E-state index >= 15 is 0 Å². The SMILES string of the molecule is COc1ccccc1NC(=O)c1csc(C(N)Cc2ccccc2)n1. The van der Waals surface area contributed by atoms with Crippen molar-refractivity contribution in [3.05, 3.63) is 76.2 Å². The highest BCUT2D eigenvalue weighted by Gasteiger charge is 2.16. The maximum Gasteiger partial charge on any atom is 0.275 e. The van der Waals surface area contributed by atoms with Crippen LogP contribution in [-0.4, -0.2) is 18.0 Å². The Kier molecular flexibility index (Phi) is 5.42. The molecular formula is C19H19N3O2S. The van der Waals surface area contributed by atoms with Crippen molar-refractivity contribution in [3.63, 3.8) is 0 Å². The maximum absolute atomic E-state index is 12.4. The van der Waals surface area contributed by atoms with Gasteiger partial charge in [0, 0.05) is 5.38 Å². The van der Waals surface area contributed by atoms with Crippen LogP contribution in [-0.2, 0) is 6.42 Å². The number of nitrogens with two attached hydrogens (primary N) is 1. The quantitative estimate of drug-likeness (QED) is 0.709. The van der Waals surface area contributed by atoms with Gasteiger partial charge < -0.3 is 15.8 Å².